The van der Waals surface area contributed by atoms with E-state index in [1.165, 1.54) is 25.7 Å². The van der Waals surface area contributed by atoms with Crippen LogP contribution in [-0.4, -0.2) is 30.4 Å². The molecule has 94 valence electrons. The largest absolute Gasteiger partial charge is 0.342 e. The van der Waals surface area contributed by atoms with Crippen LogP contribution in [0.4, 0.5) is 0 Å². The fraction of sp³-hybridized carbons (Fsp3) is 0.923. The molecule has 3 nitrogen and oxygen atoms in total. The van der Waals surface area contributed by atoms with Crippen LogP contribution in [0.2, 0.25) is 0 Å². The van der Waals surface area contributed by atoms with Gasteiger partial charge in [0.1, 0.15) is 0 Å². The molecule has 1 aliphatic carbocycles. The van der Waals surface area contributed by atoms with Gasteiger partial charge >= 0.3 is 0 Å². The molecule has 16 heavy (non-hydrogen) atoms. The molecule has 0 atom stereocenters. The third kappa shape index (κ3) is 2.57. The van der Waals surface area contributed by atoms with Crippen molar-refractivity contribution in [2.24, 2.45) is 11.1 Å². The Hall–Kier alpha value is -0.570. The summed E-state index contributed by atoms with van der Waals surface area (Å²) in [6, 6.07) is 0. The van der Waals surface area contributed by atoms with Crippen molar-refractivity contribution in [3.63, 3.8) is 0 Å². The molecule has 1 aliphatic heterocycles. The van der Waals surface area contributed by atoms with E-state index < -0.39 is 0 Å². The Bertz CT molecular complexity index is 212. The van der Waals surface area contributed by atoms with Gasteiger partial charge in [0.25, 0.3) is 0 Å². The number of nitrogens with two attached hydrogens (primary N) is 1. The first-order chi connectivity index (χ1) is 7.78. The number of piperidine rings is 1. The van der Waals surface area contributed by atoms with E-state index in [4.69, 9.17) is 5.73 Å². The first kappa shape index (κ1) is 13.5. The molecular formula is C13H26N2O. The summed E-state index contributed by atoms with van der Waals surface area (Å²) in [7, 11) is 0. The number of nitrogens with zero attached hydrogens (tertiary/aromatic N) is 1. The zero-order chi connectivity index (χ0) is 12.0. The average molecular weight is 226 g/mol. The lowest BCUT2D eigenvalue weighted by Gasteiger charge is -2.43. The highest BCUT2D eigenvalue weighted by molar-refractivity contribution is 5.84. The maximum Gasteiger partial charge on any atom is 0.230 e. The molecule has 2 aliphatic rings. The summed E-state index contributed by atoms with van der Waals surface area (Å²) >= 11 is 0. The molecule has 0 spiro atoms. The summed E-state index contributed by atoms with van der Waals surface area (Å²) in [5.74, 6) is 0.339. The number of hydrogen-bond donors (Lipinski definition) is 1. The number of hydrogen-bond acceptors (Lipinski definition) is 2. The lowest BCUT2D eigenvalue weighted by atomic mass is 9.67. The van der Waals surface area contributed by atoms with Gasteiger partial charge in [0.2, 0.25) is 5.91 Å². The standard InChI is InChI=1S/C11H20N2O.C2H6/c12-9-11(5-4-6-11)10(14)13-7-2-1-3-8-13;1-2/h1-9,12H2;1-2H3. The summed E-state index contributed by atoms with van der Waals surface area (Å²) < 4.78 is 0. The number of amides is 1. The molecule has 0 radical (unpaired) electrons. The molecule has 0 bridgehead atoms. The molecule has 1 amide bonds. The van der Waals surface area contributed by atoms with E-state index in [9.17, 15) is 4.79 Å². The second kappa shape index (κ2) is 6.24. The molecular weight excluding hydrogens is 200 g/mol. The first-order valence-electron chi connectivity index (χ1n) is 6.78. The Morgan fingerprint density at radius 1 is 1.12 bits per heavy atom. The Morgan fingerprint density at radius 2 is 1.69 bits per heavy atom. The summed E-state index contributed by atoms with van der Waals surface area (Å²) in [6.45, 7) is 6.46. The maximum atomic E-state index is 12.2. The predicted molar refractivity (Wildman–Crippen MR) is 67.1 cm³/mol. The van der Waals surface area contributed by atoms with Crippen molar-refractivity contribution >= 4 is 5.91 Å². The molecule has 3 heteroatoms. The lowest BCUT2D eigenvalue weighted by molar-refractivity contribution is -0.147. The van der Waals surface area contributed by atoms with Crippen LogP contribution in [0.15, 0.2) is 0 Å². The van der Waals surface area contributed by atoms with E-state index in [0.29, 0.717) is 12.5 Å². The molecule has 2 N–H and O–H groups in total. The highest BCUT2D eigenvalue weighted by atomic mass is 16.2. The summed E-state index contributed by atoms with van der Waals surface area (Å²) in [5, 5.41) is 0. The summed E-state index contributed by atoms with van der Waals surface area (Å²) in [5.41, 5.74) is 5.57. The second-order valence-corrected chi connectivity index (χ2v) is 4.69. The Morgan fingerprint density at radius 3 is 2.06 bits per heavy atom. The SMILES string of the molecule is CC.NCC1(C(=O)N2CCCCC2)CCC1. The van der Waals surface area contributed by atoms with Crippen molar-refractivity contribution in [1.29, 1.82) is 0 Å². The molecule has 1 saturated heterocycles. The van der Waals surface area contributed by atoms with Crippen molar-refractivity contribution in [3.8, 4) is 0 Å². The molecule has 2 fully saturated rings. The number of rotatable bonds is 2. The molecule has 0 aromatic carbocycles. The minimum Gasteiger partial charge on any atom is -0.342 e. The fourth-order valence-electron chi connectivity index (χ4n) is 2.54. The highest BCUT2D eigenvalue weighted by Crippen LogP contribution is 2.41. The van der Waals surface area contributed by atoms with E-state index in [1.54, 1.807) is 0 Å². The van der Waals surface area contributed by atoms with Gasteiger partial charge in [0.15, 0.2) is 0 Å². The third-order valence-corrected chi connectivity index (χ3v) is 3.80. The highest BCUT2D eigenvalue weighted by Gasteiger charge is 2.45. The van der Waals surface area contributed by atoms with Crippen molar-refractivity contribution in [1.82, 2.24) is 4.90 Å². The topological polar surface area (TPSA) is 46.3 Å². The Labute approximate surface area is 99.4 Å². The van der Waals surface area contributed by atoms with Crippen LogP contribution in [-0.2, 0) is 4.79 Å². The smallest absolute Gasteiger partial charge is 0.230 e. The van der Waals surface area contributed by atoms with Gasteiger partial charge < -0.3 is 10.6 Å². The van der Waals surface area contributed by atoms with E-state index >= 15 is 0 Å². The lowest BCUT2D eigenvalue weighted by Crippen LogP contribution is -2.53. The van der Waals surface area contributed by atoms with Gasteiger partial charge in [-0.05, 0) is 32.1 Å². The normalized spacial score (nSPS) is 22.8. The molecule has 0 aromatic heterocycles. The van der Waals surface area contributed by atoms with Gasteiger partial charge in [-0.3, -0.25) is 4.79 Å². The van der Waals surface area contributed by atoms with E-state index in [-0.39, 0.29) is 5.41 Å². The average Bonchev–Trinajstić information content (AvgIpc) is 2.32. The van der Waals surface area contributed by atoms with Gasteiger partial charge in [-0.2, -0.15) is 0 Å². The predicted octanol–water partition coefficient (Wildman–Crippen LogP) is 2.15. The third-order valence-electron chi connectivity index (χ3n) is 3.80. The molecule has 1 heterocycles. The van der Waals surface area contributed by atoms with Gasteiger partial charge in [-0.1, -0.05) is 20.3 Å². The summed E-state index contributed by atoms with van der Waals surface area (Å²) in [4.78, 5) is 14.2. The van der Waals surface area contributed by atoms with Crippen LogP contribution >= 0.6 is 0 Å². The van der Waals surface area contributed by atoms with E-state index in [0.717, 1.165) is 25.9 Å². The number of carbonyl (C=O) groups is 1. The van der Waals surface area contributed by atoms with Crippen molar-refractivity contribution in [3.05, 3.63) is 0 Å². The fourth-order valence-corrected chi connectivity index (χ4v) is 2.54. The van der Waals surface area contributed by atoms with Crippen LogP contribution in [0.3, 0.4) is 0 Å². The Kier molecular flexibility index (Phi) is 5.26. The molecule has 0 unspecified atom stereocenters. The quantitative estimate of drug-likeness (QED) is 0.784. The number of likely N-dealkylation sites (tertiary alicyclic amines) is 1. The first-order valence-corrected chi connectivity index (χ1v) is 6.78. The van der Waals surface area contributed by atoms with Crippen LogP contribution in [0, 0.1) is 5.41 Å². The molecule has 0 aromatic rings. The van der Waals surface area contributed by atoms with Gasteiger partial charge in [0.05, 0.1) is 5.41 Å². The second-order valence-electron chi connectivity index (χ2n) is 4.69. The van der Waals surface area contributed by atoms with Crippen molar-refractivity contribution in [2.45, 2.75) is 52.4 Å². The van der Waals surface area contributed by atoms with Crippen molar-refractivity contribution in [2.75, 3.05) is 19.6 Å². The minimum atomic E-state index is -0.155. The maximum absolute atomic E-state index is 12.2. The van der Waals surface area contributed by atoms with E-state index in [1.807, 2.05) is 18.7 Å². The summed E-state index contributed by atoms with van der Waals surface area (Å²) in [6.07, 6.45) is 6.83. The minimum absolute atomic E-state index is 0.155. The monoisotopic (exact) mass is 226 g/mol. The van der Waals surface area contributed by atoms with Crippen LogP contribution in [0.25, 0.3) is 0 Å². The molecule has 1 saturated carbocycles. The zero-order valence-corrected chi connectivity index (χ0v) is 10.8. The van der Waals surface area contributed by atoms with Gasteiger partial charge in [-0.15, -0.1) is 0 Å². The Balaban J connectivity index is 0.000000606. The van der Waals surface area contributed by atoms with Gasteiger partial charge in [-0.25, -0.2) is 0 Å². The van der Waals surface area contributed by atoms with Crippen LogP contribution in [0.1, 0.15) is 52.4 Å². The molecule has 2 rings (SSSR count). The van der Waals surface area contributed by atoms with Crippen molar-refractivity contribution < 1.29 is 4.79 Å². The van der Waals surface area contributed by atoms with Crippen LogP contribution < -0.4 is 5.73 Å². The zero-order valence-electron chi connectivity index (χ0n) is 10.8. The van der Waals surface area contributed by atoms with Crippen LogP contribution in [0.5, 0.6) is 0 Å². The van der Waals surface area contributed by atoms with Gasteiger partial charge in [0, 0.05) is 19.6 Å². The number of carbonyl (C=O) groups excluding carboxylic acids is 1. The van der Waals surface area contributed by atoms with E-state index in [2.05, 4.69) is 0 Å².